The lowest BCUT2D eigenvalue weighted by Gasteiger charge is -2.11. The predicted molar refractivity (Wildman–Crippen MR) is 114 cm³/mol. The molecule has 0 saturated carbocycles. The number of fused-ring (bicyclic) bond motifs is 1. The van der Waals surface area contributed by atoms with E-state index >= 15 is 0 Å². The van der Waals surface area contributed by atoms with E-state index in [0.717, 1.165) is 22.1 Å². The maximum Gasteiger partial charge on any atom is 0.276 e. The van der Waals surface area contributed by atoms with E-state index in [1.165, 1.54) is 12.7 Å². The molecule has 0 aliphatic heterocycles. The number of hydrogen-bond acceptors (Lipinski definition) is 5. The number of hydrogen-bond donors (Lipinski definition) is 2. The van der Waals surface area contributed by atoms with Gasteiger partial charge in [-0.3, -0.25) is 20.4 Å². The standard InChI is InChI=1S/C23H26N2O5/c1-14(2)17-11-18-16(12-29-21(18)9-15(17)3)10-22(26)24-25-23(27)13-30-20-8-6-5-7-19(20)28-4/h5-9,11-12,14H,10,13H2,1-4H3,(H,24,26)(H,25,27). The van der Waals surface area contributed by atoms with Gasteiger partial charge < -0.3 is 13.9 Å². The van der Waals surface area contributed by atoms with Gasteiger partial charge in [0.1, 0.15) is 5.58 Å². The highest BCUT2D eigenvalue weighted by atomic mass is 16.5. The molecular weight excluding hydrogens is 384 g/mol. The summed E-state index contributed by atoms with van der Waals surface area (Å²) in [5.41, 5.74) is 8.65. The van der Waals surface area contributed by atoms with Crippen molar-refractivity contribution in [3.8, 4) is 11.5 Å². The van der Waals surface area contributed by atoms with Gasteiger partial charge in [0, 0.05) is 10.9 Å². The summed E-state index contributed by atoms with van der Waals surface area (Å²) >= 11 is 0. The molecule has 0 aliphatic rings. The minimum Gasteiger partial charge on any atom is -0.493 e. The molecule has 30 heavy (non-hydrogen) atoms. The largest absolute Gasteiger partial charge is 0.493 e. The van der Waals surface area contributed by atoms with Gasteiger partial charge in [-0.1, -0.05) is 26.0 Å². The quantitative estimate of drug-likeness (QED) is 0.581. The highest BCUT2D eigenvalue weighted by molar-refractivity contribution is 5.89. The van der Waals surface area contributed by atoms with Crippen LogP contribution in [0.4, 0.5) is 0 Å². The molecule has 7 nitrogen and oxygen atoms in total. The number of para-hydroxylation sites is 2. The summed E-state index contributed by atoms with van der Waals surface area (Å²) in [6.45, 7) is 6.05. The van der Waals surface area contributed by atoms with Crippen LogP contribution in [0.3, 0.4) is 0 Å². The predicted octanol–water partition coefficient (Wildman–Crippen LogP) is 3.64. The zero-order chi connectivity index (χ0) is 21.7. The van der Waals surface area contributed by atoms with E-state index in [1.807, 2.05) is 13.0 Å². The maximum atomic E-state index is 12.3. The number of amides is 2. The molecule has 0 fully saturated rings. The summed E-state index contributed by atoms with van der Waals surface area (Å²) in [5, 5.41) is 0.908. The smallest absolute Gasteiger partial charge is 0.276 e. The van der Waals surface area contributed by atoms with Crippen LogP contribution in [0.5, 0.6) is 11.5 Å². The fourth-order valence-corrected chi connectivity index (χ4v) is 3.28. The van der Waals surface area contributed by atoms with Gasteiger partial charge in [0.2, 0.25) is 5.91 Å². The van der Waals surface area contributed by atoms with Crippen molar-refractivity contribution < 1.29 is 23.5 Å². The fraction of sp³-hybridized carbons (Fsp3) is 0.304. The first-order valence-electron chi connectivity index (χ1n) is 9.73. The van der Waals surface area contributed by atoms with E-state index < -0.39 is 5.91 Å². The molecule has 0 unspecified atom stereocenters. The Morgan fingerprint density at radius 2 is 1.77 bits per heavy atom. The summed E-state index contributed by atoms with van der Waals surface area (Å²) in [4.78, 5) is 24.3. The first-order valence-corrected chi connectivity index (χ1v) is 9.73. The number of nitrogens with one attached hydrogen (secondary N) is 2. The molecule has 7 heteroatoms. The third kappa shape index (κ3) is 4.92. The van der Waals surface area contributed by atoms with Crippen LogP contribution in [-0.4, -0.2) is 25.5 Å². The van der Waals surface area contributed by atoms with Gasteiger partial charge in [-0.05, 0) is 48.2 Å². The van der Waals surface area contributed by atoms with Crippen molar-refractivity contribution in [2.24, 2.45) is 0 Å². The van der Waals surface area contributed by atoms with E-state index in [9.17, 15) is 9.59 Å². The van der Waals surface area contributed by atoms with Crippen molar-refractivity contribution in [1.82, 2.24) is 10.9 Å². The first kappa shape index (κ1) is 21.2. The Morgan fingerprint density at radius 3 is 2.47 bits per heavy atom. The molecule has 2 aromatic carbocycles. The van der Waals surface area contributed by atoms with Gasteiger partial charge in [-0.25, -0.2) is 0 Å². The first-order chi connectivity index (χ1) is 14.4. The van der Waals surface area contributed by atoms with E-state index in [0.29, 0.717) is 17.4 Å². The lowest BCUT2D eigenvalue weighted by atomic mass is 9.95. The number of aryl methyl sites for hydroxylation is 1. The van der Waals surface area contributed by atoms with E-state index in [2.05, 4.69) is 30.8 Å². The molecule has 1 heterocycles. The molecule has 2 amide bonds. The van der Waals surface area contributed by atoms with Crippen molar-refractivity contribution >= 4 is 22.8 Å². The van der Waals surface area contributed by atoms with Crippen molar-refractivity contribution in [2.45, 2.75) is 33.1 Å². The highest BCUT2D eigenvalue weighted by Gasteiger charge is 2.15. The molecule has 0 aliphatic carbocycles. The fourth-order valence-electron chi connectivity index (χ4n) is 3.28. The van der Waals surface area contributed by atoms with Gasteiger partial charge in [0.25, 0.3) is 5.91 Å². The summed E-state index contributed by atoms with van der Waals surface area (Å²) in [5.74, 6) is 0.507. The van der Waals surface area contributed by atoms with Crippen molar-refractivity contribution in [3.05, 3.63) is 59.4 Å². The van der Waals surface area contributed by atoms with Gasteiger partial charge in [-0.15, -0.1) is 0 Å². The molecule has 3 aromatic rings. The lowest BCUT2D eigenvalue weighted by Crippen LogP contribution is -2.44. The minimum atomic E-state index is -0.482. The van der Waals surface area contributed by atoms with E-state index in [-0.39, 0.29) is 18.9 Å². The molecular formula is C23H26N2O5. The molecule has 158 valence electrons. The third-order valence-electron chi connectivity index (χ3n) is 4.78. The van der Waals surface area contributed by atoms with E-state index in [4.69, 9.17) is 13.9 Å². The van der Waals surface area contributed by atoms with Crippen LogP contribution in [0.15, 0.2) is 47.1 Å². The summed E-state index contributed by atoms with van der Waals surface area (Å²) in [6.07, 6.45) is 1.67. The Labute approximate surface area is 175 Å². The third-order valence-corrected chi connectivity index (χ3v) is 4.78. The second-order valence-electron chi connectivity index (χ2n) is 7.33. The Balaban J connectivity index is 1.55. The molecule has 0 bridgehead atoms. The summed E-state index contributed by atoms with van der Waals surface area (Å²) in [6, 6.07) is 11.1. The van der Waals surface area contributed by atoms with Gasteiger partial charge in [0.05, 0.1) is 19.8 Å². The zero-order valence-corrected chi connectivity index (χ0v) is 17.6. The van der Waals surface area contributed by atoms with Crippen LogP contribution in [-0.2, 0) is 16.0 Å². The van der Waals surface area contributed by atoms with Crippen LogP contribution in [0.2, 0.25) is 0 Å². The van der Waals surface area contributed by atoms with Crippen LogP contribution >= 0.6 is 0 Å². The van der Waals surface area contributed by atoms with Crippen LogP contribution in [0.25, 0.3) is 11.0 Å². The molecule has 0 radical (unpaired) electrons. The monoisotopic (exact) mass is 410 g/mol. The molecule has 3 rings (SSSR count). The number of carbonyl (C=O) groups is 2. The second kappa shape index (κ2) is 9.35. The van der Waals surface area contributed by atoms with Crippen molar-refractivity contribution in [3.63, 3.8) is 0 Å². The van der Waals surface area contributed by atoms with Gasteiger partial charge in [0.15, 0.2) is 18.1 Å². The molecule has 2 N–H and O–H groups in total. The number of hydrazine groups is 1. The number of furan rings is 1. The average molecular weight is 410 g/mol. The summed E-state index contributed by atoms with van der Waals surface area (Å²) < 4.78 is 16.2. The average Bonchev–Trinajstić information content (AvgIpc) is 3.11. The number of rotatable bonds is 7. The van der Waals surface area contributed by atoms with Crippen LogP contribution in [0.1, 0.15) is 36.5 Å². The number of carbonyl (C=O) groups excluding carboxylic acids is 2. The van der Waals surface area contributed by atoms with Crippen molar-refractivity contribution in [2.75, 3.05) is 13.7 Å². The molecule has 1 aromatic heterocycles. The topological polar surface area (TPSA) is 89.8 Å². The zero-order valence-electron chi connectivity index (χ0n) is 17.6. The number of methoxy groups -OCH3 is 1. The Kier molecular flexibility index (Phi) is 6.61. The van der Waals surface area contributed by atoms with Crippen LogP contribution < -0.4 is 20.3 Å². The summed E-state index contributed by atoms with van der Waals surface area (Å²) in [7, 11) is 1.52. The Bertz CT molecular complexity index is 1050. The normalized spacial score (nSPS) is 10.8. The van der Waals surface area contributed by atoms with Gasteiger partial charge >= 0.3 is 0 Å². The molecule has 0 saturated heterocycles. The highest BCUT2D eigenvalue weighted by Crippen LogP contribution is 2.29. The van der Waals surface area contributed by atoms with Crippen LogP contribution in [0, 0.1) is 6.92 Å². The molecule has 0 atom stereocenters. The SMILES string of the molecule is COc1ccccc1OCC(=O)NNC(=O)Cc1coc2cc(C)c(C(C)C)cc12. The van der Waals surface area contributed by atoms with Crippen molar-refractivity contribution in [1.29, 1.82) is 0 Å². The Morgan fingerprint density at radius 1 is 1.07 bits per heavy atom. The van der Waals surface area contributed by atoms with Gasteiger partial charge in [-0.2, -0.15) is 0 Å². The minimum absolute atomic E-state index is 0.0846. The van der Waals surface area contributed by atoms with E-state index in [1.54, 1.807) is 30.5 Å². The lowest BCUT2D eigenvalue weighted by molar-refractivity contribution is -0.129. The number of ether oxygens (including phenoxy) is 2. The second-order valence-corrected chi connectivity index (χ2v) is 7.33. The molecule has 0 spiro atoms. The maximum absolute atomic E-state index is 12.3. The number of benzene rings is 2. The Hall–Kier alpha value is -3.48.